The average Bonchev–Trinajstić information content (AvgIpc) is 2.47. The highest BCUT2D eigenvalue weighted by Crippen LogP contribution is 2.24. The summed E-state index contributed by atoms with van der Waals surface area (Å²) in [5.41, 5.74) is 3.27. The van der Waals surface area contributed by atoms with Gasteiger partial charge in [-0.1, -0.05) is 6.42 Å². The van der Waals surface area contributed by atoms with Crippen LogP contribution in [0.1, 0.15) is 37.7 Å². The highest BCUT2D eigenvalue weighted by Gasteiger charge is 2.02. The molecule has 0 fully saturated rings. The summed E-state index contributed by atoms with van der Waals surface area (Å²) in [5.74, 6) is -0.263. The number of ether oxygens (including phenoxy) is 1. The van der Waals surface area contributed by atoms with Crippen molar-refractivity contribution in [3.05, 3.63) is 28.2 Å². The molecule has 0 heterocycles. The molecule has 6 nitrogen and oxygen atoms in total. The van der Waals surface area contributed by atoms with E-state index in [0.29, 0.717) is 19.3 Å². The largest absolute Gasteiger partial charge is 0.496 e. The highest BCUT2D eigenvalue weighted by molar-refractivity contribution is 9.10. The molecule has 7 heteroatoms. The van der Waals surface area contributed by atoms with Gasteiger partial charge in [0.25, 0.3) is 0 Å². The van der Waals surface area contributed by atoms with E-state index < -0.39 is 5.97 Å². The molecule has 0 aromatic heterocycles. The maximum absolute atomic E-state index is 11.5. The molecule has 0 unspecified atom stereocenters. The molecule has 0 aliphatic carbocycles. The van der Waals surface area contributed by atoms with Crippen LogP contribution in [0.5, 0.6) is 5.75 Å². The third-order valence-corrected chi connectivity index (χ3v) is 3.49. The molecule has 0 aliphatic rings. The van der Waals surface area contributed by atoms with Crippen LogP contribution >= 0.6 is 15.9 Å². The fraction of sp³-hybridized carbons (Fsp3) is 0.400. The van der Waals surface area contributed by atoms with E-state index in [0.717, 1.165) is 22.2 Å². The van der Waals surface area contributed by atoms with Gasteiger partial charge in [0, 0.05) is 12.8 Å². The van der Waals surface area contributed by atoms with Gasteiger partial charge >= 0.3 is 5.97 Å². The third-order valence-electron chi connectivity index (χ3n) is 2.87. The summed E-state index contributed by atoms with van der Waals surface area (Å²) >= 11 is 3.37. The number of hydrazone groups is 1. The zero-order valence-electron chi connectivity index (χ0n) is 12.3. The van der Waals surface area contributed by atoms with Gasteiger partial charge in [0.05, 0.1) is 17.8 Å². The molecule has 1 aromatic rings. The van der Waals surface area contributed by atoms with Gasteiger partial charge in [-0.15, -0.1) is 0 Å². The number of amides is 1. The molecular weight excluding hydrogens is 352 g/mol. The molecule has 0 atom stereocenters. The SMILES string of the molecule is COc1ccc(/C=N/NC(=O)CCCCCC(=O)O)cc1Br. The van der Waals surface area contributed by atoms with Crippen LogP contribution in [0, 0.1) is 0 Å². The zero-order chi connectivity index (χ0) is 16.4. The van der Waals surface area contributed by atoms with Crippen molar-refractivity contribution in [1.29, 1.82) is 0 Å². The van der Waals surface area contributed by atoms with Crippen LogP contribution in [-0.2, 0) is 9.59 Å². The topological polar surface area (TPSA) is 88.0 Å². The first-order chi connectivity index (χ1) is 10.5. The summed E-state index contributed by atoms with van der Waals surface area (Å²) in [4.78, 5) is 21.9. The second-order valence-corrected chi connectivity index (χ2v) is 5.50. The van der Waals surface area contributed by atoms with Gasteiger partial charge in [-0.25, -0.2) is 5.43 Å². The Labute approximate surface area is 137 Å². The quantitative estimate of drug-likeness (QED) is 0.397. The van der Waals surface area contributed by atoms with Crippen molar-refractivity contribution in [2.24, 2.45) is 5.10 Å². The normalized spacial score (nSPS) is 10.6. The fourth-order valence-electron chi connectivity index (χ4n) is 1.74. The highest BCUT2D eigenvalue weighted by atomic mass is 79.9. The Morgan fingerprint density at radius 1 is 1.32 bits per heavy atom. The number of carbonyl (C=O) groups is 2. The molecule has 22 heavy (non-hydrogen) atoms. The third kappa shape index (κ3) is 7.21. The van der Waals surface area contributed by atoms with Gasteiger partial charge in [0.15, 0.2) is 0 Å². The van der Waals surface area contributed by atoms with E-state index in [2.05, 4.69) is 26.5 Å². The predicted molar refractivity (Wildman–Crippen MR) is 87.2 cm³/mol. The number of benzene rings is 1. The van der Waals surface area contributed by atoms with E-state index in [1.54, 1.807) is 19.4 Å². The van der Waals surface area contributed by atoms with Gasteiger partial charge in [-0.3, -0.25) is 9.59 Å². The number of hydrogen-bond donors (Lipinski definition) is 2. The fourth-order valence-corrected chi connectivity index (χ4v) is 2.29. The molecule has 0 aliphatic heterocycles. The maximum Gasteiger partial charge on any atom is 0.303 e. The number of carbonyl (C=O) groups excluding carboxylic acids is 1. The number of halogens is 1. The summed E-state index contributed by atoms with van der Waals surface area (Å²) in [5, 5.41) is 12.4. The van der Waals surface area contributed by atoms with Crippen molar-refractivity contribution < 1.29 is 19.4 Å². The first-order valence-electron chi connectivity index (χ1n) is 6.90. The van der Waals surface area contributed by atoms with Gasteiger partial charge in [-0.2, -0.15) is 5.10 Å². The number of aliphatic carboxylic acids is 1. The summed E-state index contributed by atoms with van der Waals surface area (Å²) in [7, 11) is 1.59. The minimum absolute atomic E-state index is 0.145. The number of carboxylic acids is 1. The Balaban J connectivity index is 2.28. The van der Waals surface area contributed by atoms with Crippen molar-refractivity contribution >= 4 is 34.0 Å². The molecule has 0 bridgehead atoms. The van der Waals surface area contributed by atoms with Crippen LogP contribution in [0.4, 0.5) is 0 Å². The first kappa shape index (κ1) is 18.2. The van der Waals surface area contributed by atoms with Crippen molar-refractivity contribution in [2.75, 3.05) is 7.11 Å². The minimum atomic E-state index is -0.806. The zero-order valence-corrected chi connectivity index (χ0v) is 13.9. The van der Waals surface area contributed by atoms with Gasteiger partial charge in [0.2, 0.25) is 5.91 Å². The smallest absolute Gasteiger partial charge is 0.303 e. The molecule has 120 valence electrons. The average molecular weight is 371 g/mol. The summed E-state index contributed by atoms with van der Waals surface area (Å²) < 4.78 is 5.93. The number of carboxylic acid groups (broad SMARTS) is 1. The van der Waals surface area contributed by atoms with Crippen molar-refractivity contribution in [3.63, 3.8) is 0 Å². The van der Waals surface area contributed by atoms with E-state index in [9.17, 15) is 9.59 Å². The van der Waals surface area contributed by atoms with Crippen LogP contribution in [0.25, 0.3) is 0 Å². The Hall–Kier alpha value is -1.89. The van der Waals surface area contributed by atoms with Crippen LogP contribution in [-0.4, -0.2) is 30.3 Å². The molecule has 0 spiro atoms. The molecule has 0 saturated heterocycles. The van der Waals surface area contributed by atoms with E-state index in [1.807, 2.05) is 12.1 Å². The molecule has 1 aromatic carbocycles. The molecule has 1 amide bonds. The van der Waals surface area contributed by atoms with Crippen LogP contribution < -0.4 is 10.2 Å². The summed E-state index contributed by atoms with van der Waals surface area (Å²) in [6, 6.07) is 5.46. The number of rotatable bonds is 9. The molecule has 0 radical (unpaired) electrons. The number of hydrogen-bond acceptors (Lipinski definition) is 4. The predicted octanol–water partition coefficient (Wildman–Crippen LogP) is 2.94. The van der Waals surface area contributed by atoms with E-state index >= 15 is 0 Å². The van der Waals surface area contributed by atoms with Crippen LogP contribution in [0.15, 0.2) is 27.8 Å². The molecule has 2 N–H and O–H groups in total. The van der Waals surface area contributed by atoms with E-state index in [1.165, 1.54) is 0 Å². The number of methoxy groups -OCH3 is 1. The van der Waals surface area contributed by atoms with Crippen molar-refractivity contribution in [2.45, 2.75) is 32.1 Å². The second-order valence-electron chi connectivity index (χ2n) is 4.64. The van der Waals surface area contributed by atoms with Gasteiger partial charge in [0.1, 0.15) is 5.75 Å². The van der Waals surface area contributed by atoms with Gasteiger partial charge < -0.3 is 9.84 Å². The Morgan fingerprint density at radius 2 is 2.05 bits per heavy atom. The lowest BCUT2D eigenvalue weighted by atomic mass is 10.1. The maximum atomic E-state index is 11.5. The monoisotopic (exact) mass is 370 g/mol. The Morgan fingerprint density at radius 3 is 2.68 bits per heavy atom. The summed E-state index contributed by atoms with van der Waals surface area (Å²) in [6.45, 7) is 0. The first-order valence-corrected chi connectivity index (χ1v) is 7.69. The van der Waals surface area contributed by atoms with Gasteiger partial charge in [-0.05, 0) is 52.5 Å². The number of nitrogens with zero attached hydrogens (tertiary/aromatic N) is 1. The van der Waals surface area contributed by atoms with Crippen LogP contribution in [0.2, 0.25) is 0 Å². The minimum Gasteiger partial charge on any atom is -0.496 e. The lowest BCUT2D eigenvalue weighted by Gasteiger charge is -2.03. The number of nitrogens with one attached hydrogen (secondary N) is 1. The molecule has 1 rings (SSSR count). The molecule has 0 saturated carbocycles. The van der Waals surface area contributed by atoms with Crippen molar-refractivity contribution in [1.82, 2.24) is 5.43 Å². The van der Waals surface area contributed by atoms with E-state index in [-0.39, 0.29) is 12.3 Å². The standard InChI is InChI=1S/C15H19BrN2O4/c1-22-13-8-7-11(9-12(13)16)10-17-18-14(19)5-3-2-4-6-15(20)21/h7-10H,2-6H2,1H3,(H,18,19)(H,20,21)/b17-10+. The van der Waals surface area contributed by atoms with Crippen molar-refractivity contribution in [3.8, 4) is 5.75 Å². The van der Waals surface area contributed by atoms with E-state index in [4.69, 9.17) is 9.84 Å². The van der Waals surface area contributed by atoms with Crippen LogP contribution in [0.3, 0.4) is 0 Å². The lowest BCUT2D eigenvalue weighted by Crippen LogP contribution is -2.16. The summed E-state index contributed by atoms with van der Waals surface area (Å²) in [6.07, 6.45) is 3.99. The lowest BCUT2D eigenvalue weighted by molar-refractivity contribution is -0.137. The second kappa shape index (κ2) is 9.94. The number of unbranched alkanes of at least 4 members (excludes halogenated alkanes) is 2. The Kier molecular flexibility index (Phi) is 8.21. The Bertz CT molecular complexity index is 546. The molecular formula is C15H19BrN2O4.